The van der Waals surface area contributed by atoms with Gasteiger partial charge in [0.1, 0.15) is 11.7 Å². The fourth-order valence-electron chi connectivity index (χ4n) is 2.22. The molecule has 9 heteroatoms. The molecule has 2 heterocycles. The number of carbonyl (C=O) groups is 1. The van der Waals surface area contributed by atoms with Crippen LogP contribution in [0, 0.1) is 0 Å². The Morgan fingerprint density at radius 1 is 1.45 bits per heavy atom. The number of hydrogen-bond acceptors (Lipinski definition) is 4. The van der Waals surface area contributed by atoms with E-state index in [4.69, 9.17) is 10.5 Å². The van der Waals surface area contributed by atoms with Gasteiger partial charge in [0.15, 0.2) is 0 Å². The van der Waals surface area contributed by atoms with Gasteiger partial charge in [-0.3, -0.25) is 0 Å². The monoisotopic (exact) mass is 318 g/mol. The van der Waals surface area contributed by atoms with E-state index in [1.54, 1.807) is 0 Å². The number of nitrogens with two attached hydrogens (primary N) is 1. The molecule has 0 saturated carbocycles. The maximum absolute atomic E-state index is 13.1. The fourth-order valence-corrected chi connectivity index (χ4v) is 2.22. The number of halogens is 3. The van der Waals surface area contributed by atoms with Crippen molar-refractivity contribution >= 4 is 11.7 Å². The van der Waals surface area contributed by atoms with E-state index in [0.29, 0.717) is 12.8 Å². The SMILES string of the molecule is CN1CCC(Oc2ncc(NC(N)=O)cc2C(F)(F)F)CC1. The topological polar surface area (TPSA) is 80.5 Å². The van der Waals surface area contributed by atoms with Crippen LogP contribution in [0.5, 0.6) is 5.88 Å². The van der Waals surface area contributed by atoms with Gasteiger partial charge in [0.2, 0.25) is 5.88 Å². The molecule has 0 aromatic carbocycles. The molecule has 1 fully saturated rings. The lowest BCUT2D eigenvalue weighted by molar-refractivity contribution is -0.139. The van der Waals surface area contributed by atoms with Gasteiger partial charge in [-0.1, -0.05) is 0 Å². The van der Waals surface area contributed by atoms with Crippen molar-refractivity contribution in [3.8, 4) is 5.88 Å². The molecule has 0 radical (unpaired) electrons. The van der Waals surface area contributed by atoms with Crippen molar-refractivity contribution < 1.29 is 22.7 Å². The Kier molecular flexibility index (Phi) is 4.74. The first-order chi connectivity index (χ1) is 10.3. The Balaban J connectivity index is 2.20. The number of nitrogens with zero attached hydrogens (tertiary/aromatic N) is 2. The highest BCUT2D eigenvalue weighted by Gasteiger charge is 2.36. The lowest BCUT2D eigenvalue weighted by Crippen LogP contribution is -2.36. The third kappa shape index (κ3) is 4.23. The van der Waals surface area contributed by atoms with Crippen molar-refractivity contribution in [2.45, 2.75) is 25.1 Å². The molecule has 122 valence electrons. The first kappa shape index (κ1) is 16.3. The number of primary amides is 1. The summed E-state index contributed by atoms with van der Waals surface area (Å²) in [7, 11) is 1.94. The molecule has 0 atom stereocenters. The number of aromatic nitrogens is 1. The Morgan fingerprint density at radius 3 is 2.64 bits per heavy atom. The minimum atomic E-state index is -4.64. The summed E-state index contributed by atoms with van der Waals surface area (Å²) in [5.41, 5.74) is 3.73. The van der Waals surface area contributed by atoms with Crippen LogP contribution in [-0.4, -0.2) is 42.2 Å². The highest BCUT2D eigenvalue weighted by molar-refractivity contribution is 5.87. The zero-order valence-electron chi connectivity index (χ0n) is 12.0. The summed E-state index contributed by atoms with van der Waals surface area (Å²) in [6, 6.07) is -0.193. The van der Waals surface area contributed by atoms with Crippen LogP contribution in [-0.2, 0) is 6.18 Å². The number of ether oxygens (including phenoxy) is 1. The van der Waals surface area contributed by atoms with Crippen molar-refractivity contribution in [2.24, 2.45) is 5.73 Å². The first-order valence-corrected chi connectivity index (χ1v) is 6.74. The lowest BCUT2D eigenvalue weighted by Gasteiger charge is -2.29. The molecule has 0 aliphatic carbocycles. The summed E-state index contributed by atoms with van der Waals surface area (Å²) in [5, 5.41) is 2.07. The third-order valence-electron chi connectivity index (χ3n) is 3.37. The number of rotatable bonds is 3. The molecule has 0 bridgehead atoms. The predicted octanol–water partition coefficient (Wildman–Crippen LogP) is 2.06. The first-order valence-electron chi connectivity index (χ1n) is 6.74. The van der Waals surface area contributed by atoms with Gasteiger partial charge in [-0.2, -0.15) is 13.2 Å². The van der Waals surface area contributed by atoms with Crippen molar-refractivity contribution in [1.82, 2.24) is 9.88 Å². The van der Waals surface area contributed by atoms with Crippen molar-refractivity contribution in [3.05, 3.63) is 17.8 Å². The van der Waals surface area contributed by atoms with Gasteiger partial charge in [0.25, 0.3) is 0 Å². The standard InChI is InChI=1S/C13H17F3N4O2/c1-20-4-2-9(3-5-20)22-11-10(13(14,15)16)6-8(7-18-11)19-12(17)21/h6-7,9H,2-5H2,1H3,(H3,17,19,21). The summed E-state index contributed by atoms with van der Waals surface area (Å²) in [4.78, 5) is 16.5. The zero-order valence-corrected chi connectivity index (χ0v) is 12.0. The lowest BCUT2D eigenvalue weighted by atomic mass is 10.1. The molecule has 6 nitrogen and oxygen atoms in total. The van der Waals surface area contributed by atoms with Crippen LogP contribution in [0.25, 0.3) is 0 Å². The van der Waals surface area contributed by atoms with Gasteiger partial charge in [0.05, 0.1) is 11.9 Å². The zero-order chi connectivity index (χ0) is 16.3. The Labute approximate surface area is 125 Å². The van der Waals surface area contributed by atoms with Crippen LogP contribution in [0.1, 0.15) is 18.4 Å². The normalized spacial score (nSPS) is 17.3. The number of urea groups is 1. The van der Waals surface area contributed by atoms with Crippen LogP contribution in [0.4, 0.5) is 23.7 Å². The number of alkyl halides is 3. The summed E-state index contributed by atoms with van der Waals surface area (Å²) < 4.78 is 44.7. The molecule has 2 rings (SSSR count). The second-order valence-corrected chi connectivity index (χ2v) is 5.18. The van der Waals surface area contributed by atoms with Gasteiger partial charge < -0.3 is 20.7 Å². The number of nitrogens with one attached hydrogen (secondary N) is 1. The number of likely N-dealkylation sites (tertiary alicyclic amines) is 1. The smallest absolute Gasteiger partial charge is 0.421 e. The number of anilines is 1. The van der Waals surface area contributed by atoms with Crippen LogP contribution >= 0.6 is 0 Å². The Hall–Kier alpha value is -2.03. The van der Waals surface area contributed by atoms with E-state index >= 15 is 0 Å². The summed E-state index contributed by atoms with van der Waals surface area (Å²) >= 11 is 0. The highest BCUT2D eigenvalue weighted by atomic mass is 19.4. The Morgan fingerprint density at radius 2 is 2.09 bits per heavy atom. The van der Waals surface area contributed by atoms with Crippen molar-refractivity contribution in [2.75, 3.05) is 25.5 Å². The summed E-state index contributed by atoms with van der Waals surface area (Å²) in [6.45, 7) is 1.51. The maximum atomic E-state index is 13.1. The molecular weight excluding hydrogens is 301 g/mol. The van der Waals surface area contributed by atoms with Gasteiger partial charge in [-0.15, -0.1) is 0 Å². The number of pyridine rings is 1. The summed E-state index contributed by atoms with van der Waals surface area (Å²) in [5.74, 6) is -0.475. The summed E-state index contributed by atoms with van der Waals surface area (Å²) in [6.07, 6.45) is -2.58. The second-order valence-electron chi connectivity index (χ2n) is 5.18. The molecule has 1 saturated heterocycles. The van der Waals surface area contributed by atoms with Crippen LogP contribution in [0.3, 0.4) is 0 Å². The van der Waals surface area contributed by atoms with Gasteiger partial charge in [0, 0.05) is 13.1 Å². The van der Waals surface area contributed by atoms with Crippen LogP contribution in [0.15, 0.2) is 12.3 Å². The van der Waals surface area contributed by atoms with E-state index in [1.165, 1.54) is 0 Å². The number of hydrogen-bond donors (Lipinski definition) is 2. The molecule has 22 heavy (non-hydrogen) atoms. The Bertz CT molecular complexity index is 543. The molecule has 1 aromatic rings. The average Bonchev–Trinajstić information content (AvgIpc) is 2.41. The predicted molar refractivity (Wildman–Crippen MR) is 73.6 cm³/mol. The average molecular weight is 318 g/mol. The van der Waals surface area contributed by atoms with Crippen molar-refractivity contribution in [1.29, 1.82) is 0 Å². The van der Waals surface area contributed by atoms with E-state index in [0.717, 1.165) is 25.4 Å². The maximum Gasteiger partial charge on any atom is 0.421 e. The molecule has 1 aliphatic rings. The van der Waals surface area contributed by atoms with E-state index in [1.807, 2.05) is 7.05 Å². The van der Waals surface area contributed by atoms with Crippen LogP contribution in [0.2, 0.25) is 0 Å². The number of amides is 2. The minimum Gasteiger partial charge on any atom is -0.474 e. The molecule has 3 N–H and O–H groups in total. The number of carbonyl (C=O) groups excluding carboxylic acids is 1. The van der Waals surface area contributed by atoms with Gasteiger partial charge in [-0.05, 0) is 26.0 Å². The molecule has 0 unspecified atom stereocenters. The highest BCUT2D eigenvalue weighted by Crippen LogP contribution is 2.37. The fraction of sp³-hybridized carbons (Fsp3) is 0.538. The molecule has 2 amide bonds. The van der Waals surface area contributed by atoms with Gasteiger partial charge in [-0.25, -0.2) is 9.78 Å². The molecule has 0 spiro atoms. The van der Waals surface area contributed by atoms with Crippen LogP contribution < -0.4 is 15.8 Å². The van der Waals surface area contributed by atoms with E-state index in [9.17, 15) is 18.0 Å². The third-order valence-corrected chi connectivity index (χ3v) is 3.37. The van der Waals surface area contributed by atoms with E-state index < -0.39 is 23.7 Å². The minimum absolute atomic E-state index is 0.129. The largest absolute Gasteiger partial charge is 0.474 e. The molecular formula is C13H17F3N4O2. The van der Waals surface area contributed by atoms with E-state index in [2.05, 4.69) is 15.2 Å². The van der Waals surface area contributed by atoms with Crippen molar-refractivity contribution in [3.63, 3.8) is 0 Å². The van der Waals surface area contributed by atoms with E-state index in [-0.39, 0.29) is 11.8 Å². The number of piperidine rings is 1. The molecule has 1 aromatic heterocycles. The quantitative estimate of drug-likeness (QED) is 0.894. The van der Waals surface area contributed by atoms with Gasteiger partial charge >= 0.3 is 12.2 Å². The molecule has 1 aliphatic heterocycles. The second kappa shape index (κ2) is 6.39.